The van der Waals surface area contributed by atoms with Crippen LogP contribution in [0.2, 0.25) is 0 Å². The predicted octanol–water partition coefficient (Wildman–Crippen LogP) is 4.37. The summed E-state index contributed by atoms with van der Waals surface area (Å²) in [5.74, 6) is -0.174. The minimum absolute atomic E-state index is 0.0660. The zero-order chi connectivity index (χ0) is 23.9. The lowest BCUT2D eigenvalue weighted by atomic mass is 10.1. The summed E-state index contributed by atoms with van der Waals surface area (Å²) in [5, 5.41) is 4.31. The molecule has 6 nitrogen and oxygen atoms in total. The largest absolute Gasteiger partial charge is 0.416 e. The van der Waals surface area contributed by atoms with E-state index in [1.165, 1.54) is 16.9 Å². The number of nitrogens with zero attached hydrogens (tertiary/aromatic N) is 4. The number of alkyl halides is 3. The summed E-state index contributed by atoms with van der Waals surface area (Å²) in [6.45, 7) is 1.60. The van der Waals surface area contributed by atoms with Crippen molar-refractivity contribution in [3.8, 4) is 5.69 Å². The van der Waals surface area contributed by atoms with Crippen LogP contribution in [0.4, 0.5) is 13.2 Å². The molecule has 0 bridgehead atoms. The van der Waals surface area contributed by atoms with Gasteiger partial charge in [-0.25, -0.2) is 4.68 Å². The third-order valence-corrected chi connectivity index (χ3v) is 6.29. The minimum atomic E-state index is -4.46. The summed E-state index contributed by atoms with van der Waals surface area (Å²) in [7, 11) is 0. The Morgan fingerprint density at radius 2 is 1.50 bits per heavy atom. The van der Waals surface area contributed by atoms with Crippen LogP contribution in [0.3, 0.4) is 0 Å². The molecule has 5 rings (SSSR count). The van der Waals surface area contributed by atoms with Gasteiger partial charge in [-0.2, -0.15) is 18.3 Å². The van der Waals surface area contributed by atoms with E-state index >= 15 is 0 Å². The van der Waals surface area contributed by atoms with Crippen LogP contribution in [0.15, 0.2) is 60.8 Å². The average Bonchev–Trinajstić information content (AvgIpc) is 3.61. The van der Waals surface area contributed by atoms with Gasteiger partial charge in [-0.15, -0.1) is 0 Å². The van der Waals surface area contributed by atoms with E-state index in [0.717, 1.165) is 25.0 Å². The van der Waals surface area contributed by atoms with Gasteiger partial charge < -0.3 is 9.80 Å². The van der Waals surface area contributed by atoms with E-state index in [0.29, 0.717) is 43.0 Å². The highest BCUT2D eigenvalue weighted by Crippen LogP contribution is 2.43. The molecule has 1 aliphatic heterocycles. The van der Waals surface area contributed by atoms with Crippen molar-refractivity contribution in [1.29, 1.82) is 0 Å². The van der Waals surface area contributed by atoms with Gasteiger partial charge in [0, 0.05) is 37.7 Å². The van der Waals surface area contributed by atoms with Crippen LogP contribution >= 0.6 is 0 Å². The first kappa shape index (κ1) is 22.2. The predicted molar refractivity (Wildman–Crippen MR) is 119 cm³/mol. The Labute approximate surface area is 194 Å². The summed E-state index contributed by atoms with van der Waals surface area (Å²) in [5.41, 5.74) is 1.22. The van der Waals surface area contributed by atoms with Crippen LogP contribution in [0.5, 0.6) is 0 Å². The van der Waals surface area contributed by atoms with Crippen molar-refractivity contribution >= 4 is 11.8 Å². The molecule has 9 heteroatoms. The molecule has 2 fully saturated rings. The molecule has 34 heavy (non-hydrogen) atoms. The van der Waals surface area contributed by atoms with Gasteiger partial charge in [-0.3, -0.25) is 9.59 Å². The van der Waals surface area contributed by atoms with Crippen LogP contribution in [0.1, 0.15) is 50.7 Å². The lowest BCUT2D eigenvalue weighted by molar-refractivity contribution is -0.137. The Morgan fingerprint density at radius 3 is 2.12 bits per heavy atom. The number of benzene rings is 2. The van der Waals surface area contributed by atoms with Crippen molar-refractivity contribution in [3.63, 3.8) is 0 Å². The molecule has 1 aromatic heterocycles. The number of rotatable bonds is 4. The highest BCUT2D eigenvalue weighted by Gasteiger charge is 2.36. The highest BCUT2D eigenvalue weighted by molar-refractivity contribution is 5.96. The number of hydrogen-bond donors (Lipinski definition) is 0. The van der Waals surface area contributed by atoms with Crippen LogP contribution < -0.4 is 0 Å². The maximum Gasteiger partial charge on any atom is 0.416 e. The van der Waals surface area contributed by atoms with E-state index < -0.39 is 11.7 Å². The van der Waals surface area contributed by atoms with Gasteiger partial charge in [0.2, 0.25) is 0 Å². The first-order chi connectivity index (χ1) is 16.3. The standard InChI is InChI=1S/C25H23F3N4O2/c26-25(27,28)19-7-4-8-20(15-19)32-22(17-9-10-17)21(16-29-32)24(34)31-13-11-30(12-14-31)23(33)18-5-2-1-3-6-18/h1-8,15-17H,9-14H2. The van der Waals surface area contributed by atoms with Gasteiger partial charge in [-0.1, -0.05) is 24.3 Å². The topological polar surface area (TPSA) is 58.4 Å². The first-order valence-corrected chi connectivity index (χ1v) is 11.2. The molecule has 0 N–H and O–H groups in total. The number of halogens is 3. The molecule has 0 atom stereocenters. The number of carbonyl (C=O) groups is 2. The van der Waals surface area contributed by atoms with Gasteiger partial charge >= 0.3 is 6.18 Å². The molecule has 0 unspecified atom stereocenters. The molecular formula is C25H23F3N4O2. The van der Waals surface area contributed by atoms with Crippen molar-refractivity contribution in [2.24, 2.45) is 0 Å². The second kappa shape index (κ2) is 8.62. The molecule has 176 valence electrons. The quantitative estimate of drug-likeness (QED) is 0.572. The third-order valence-electron chi connectivity index (χ3n) is 6.29. The van der Waals surface area contributed by atoms with Crippen molar-refractivity contribution < 1.29 is 22.8 Å². The van der Waals surface area contributed by atoms with Crippen molar-refractivity contribution in [2.45, 2.75) is 24.9 Å². The molecule has 2 heterocycles. The fraction of sp³-hybridized carbons (Fsp3) is 0.320. The van der Waals surface area contributed by atoms with E-state index in [4.69, 9.17) is 0 Å². The summed E-state index contributed by atoms with van der Waals surface area (Å²) < 4.78 is 41.1. The lowest BCUT2D eigenvalue weighted by Gasteiger charge is -2.34. The minimum Gasteiger partial charge on any atom is -0.335 e. The summed E-state index contributed by atoms with van der Waals surface area (Å²) in [6, 6.07) is 14.0. The van der Waals surface area contributed by atoms with Crippen molar-refractivity contribution in [1.82, 2.24) is 19.6 Å². The number of aromatic nitrogens is 2. The van der Waals surface area contributed by atoms with Gasteiger partial charge in [0.25, 0.3) is 11.8 Å². The summed E-state index contributed by atoms with van der Waals surface area (Å²) >= 11 is 0. The Kier molecular flexibility index (Phi) is 5.63. The highest BCUT2D eigenvalue weighted by atomic mass is 19.4. The van der Waals surface area contributed by atoms with E-state index in [1.807, 2.05) is 18.2 Å². The number of piperazine rings is 1. The Bertz CT molecular complexity index is 1210. The summed E-state index contributed by atoms with van der Waals surface area (Å²) in [6.07, 6.45) is -1.27. The number of hydrogen-bond acceptors (Lipinski definition) is 3. The maximum atomic E-state index is 13.4. The summed E-state index contributed by atoms with van der Waals surface area (Å²) in [4.78, 5) is 29.5. The van der Waals surface area contributed by atoms with Crippen molar-refractivity contribution in [3.05, 3.63) is 83.2 Å². The third kappa shape index (κ3) is 4.30. The Balaban J connectivity index is 1.35. The molecule has 0 radical (unpaired) electrons. The molecule has 1 saturated heterocycles. The first-order valence-electron chi connectivity index (χ1n) is 11.2. The fourth-order valence-electron chi connectivity index (χ4n) is 4.34. The molecule has 2 aromatic carbocycles. The Morgan fingerprint density at radius 1 is 0.853 bits per heavy atom. The molecular weight excluding hydrogens is 445 g/mol. The van der Waals surface area contributed by atoms with E-state index in [9.17, 15) is 22.8 Å². The van der Waals surface area contributed by atoms with Gasteiger partial charge in [0.15, 0.2) is 0 Å². The SMILES string of the molecule is O=C(c1ccccc1)N1CCN(C(=O)c2cnn(-c3cccc(C(F)(F)F)c3)c2C2CC2)CC1. The fourth-order valence-corrected chi connectivity index (χ4v) is 4.34. The maximum absolute atomic E-state index is 13.4. The van der Waals surface area contributed by atoms with Crippen LogP contribution in [-0.2, 0) is 6.18 Å². The zero-order valence-corrected chi connectivity index (χ0v) is 18.3. The van der Waals surface area contributed by atoms with Crippen LogP contribution in [-0.4, -0.2) is 57.6 Å². The smallest absolute Gasteiger partial charge is 0.335 e. The van der Waals surface area contributed by atoms with Crippen LogP contribution in [0, 0.1) is 0 Å². The second-order valence-corrected chi connectivity index (χ2v) is 8.63. The molecule has 2 aliphatic rings. The average molecular weight is 468 g/mol. The molecule has 0 spiro atoms. The lowest BCUT2D eigenvalue weighted by Crippen LogP contribution is -2.50. The van der Waals surface area contributed by atoms with E-state index in [2.05, 4.69) is 5.10 Å². The van der Waals surface area contributed by atoms with E-state index in [-0.39, 0.29) is 23.4 Å². The van der Waals surface area contributed by atoms with Crippen LogP contribution in [0.25, 0.3) is 5.69 Å². The molecule has 3 aromatic rings. The van der Waals surface area contributed by atoms with Gasteiger partial charge in [0.05, 0.1) is 28.7 Å². The van der Waals surface area contributed by atoms with Gasteiger partial charge in [-0.05, 0) is 43.2 Å². The van der Waals surface area contributed by atoms with Crippen molar-refractivity contribution in [2.75, 3.05) is 26.2 Å². The molecule has 1 saturated carbocycles. The zero-order valence-electron chi connectivity index (χ0n) is 18.3. The van der Waals surface area contributed by atoms with Gasteiger partial charge in [0.1, 0.15) is 0 Å². The molecule has 1 aliphatic carbocycles. The molecule has 2 amide bonds. The Hall–Kier alpha value is -3.62. The number of amides is 2. The second-order valence-electron chi connectivity index (χ2n) is 8.63. The van der Waals surface area contributed by atoms with E-state index in [1.54, 1.807) is 28.0 Å². The normalized spacial score (nSPS) is 16.6. The monoisotopic (exact) mass is 468 g/mol. The number of carbonyl (C=O) groups excluding carboxylic acids is 2.